The summed E-state index contributed by atoms with van der Waals surface area (Å²) in [7, 11) is 0. The van der Waals surface area contributed by atoms with E-state index in [4.69, 9.17) is 4.79 Å². The van der Waals surface area contributed by atoms with Crippen molar-refractivity contribution >= 4 is 23.1 Å². The van der Waals surface area contributed by atoms with Crippen molar-refractivity contribution in [2.45, 2.75) is 74.5 Å². The molecule has 1 fully saturated rings. The van der Waals surface area contributed by atoms with Crippen LogP contribution in [0.15, 0.2) is 29.1 Å². The topological polar surface area (TPSA) is 108 Å². The van der Waals surface area contributed by atoms with Gasteiger partial charge in [0.2, 0.25) is 12.4 Å². The van der Waals surface area contributed by atoms with E-state index in [1.165, 1.54) is 13.3 Å². The number of alkyl halides is 1. The van der Waals surface area contributed by atoms with Crippen LogP contribution in [0.3, 0.4) is 0 Å². The van der Waals surface area contributed by atoms with Crippen LogP contribution in [0.5, 0.6) is 0 Å². The van der Waals surface area contributed by atoms with Gasteiger partial charge >= 0.3 is 0 Å². The number of amides is 1. The number of nitrogens with one attached hydrogen (secondary N) is 1. The highest BCUT2D eigenvalue weighted by atomic mass is 19.1. The van der Waals surface area contributed by atoms with Gasteiger partial charge in [-0.05, 0) is 32.0 Å². The average Bonchev–Trinajstić information content (AvgIpc) is 2.94. The fourth-order valence-electron chi connectivity index (χ4n) is 3.71. The molecule has 224 valence electrons. The number of nitrogens with zero attached hydrogens (tertiary/aromatic N) is 4. The largest absolute Gasteiger partial charge is 0.372 e. The second kappa shape index (κ2) is 19.6. The molecule has 2 aromatic heterocycles. The van der Waals surface area contributed by atoms with Crippen LogP contribution in [0.1, 0.15) is 78.0 Å². The molecule has 1 aromatic carbocycles. The number of rotatable bonds is 4. The second-order valence-electron chi connectivity index (χ2n) is 8.37. The van der Waals surface area contributed by atoms with Crippen molar-refractivity contribution in [2.75, 3.05) is 31.1 Å². The summed E-state index contributed by atoms with van der Waals surface area (Å²) in [5, 5.41) is 0. The molecule has 4 rings (SSSR count). The summed E-state index contributed by atoms with van der Waals surface area (Å²) in [5.74, 6) is -1.05. The van der Waals surface area contributed by atoms with Crippen LogP contribution in [0, 0.1) is 18.7 Å². The number of carbonyl (C=O) groups is 1. The van der Waals surface area contributed by atoms with Gasteiger partial charge in [0.25, 0.3) is 5.56 Å². The fourth-order valence-corrected chi connectivity index (χ4v) is 3.71. The number of carbonyl (C=O) groups excluding carboxylic acids is 1. The van der Waals surface area contributed by atoms with Crippen molar-refractivity contribution in [1.82, 2.24) is 19.9 Å². The Hall–Kier alpha value is -3.47. The van der Waals surface area contributed by atoms with Crippen LogP contribution in [-0.2, 0) is 11.3 Å². The molecular formula is C29H45F3N6O2. The van der Waals surface area contributed by atoms with E-state index in [0.29, 0.717) is 49.7 Å². The monoisotopic (exact) mass is 566 g/mol. The van der Waals surface area contributed by atoms with Gasteiger partial charge in [-0.2, -0.15) is 4.39 Å². The Morgan fingerprint density at radius 2 is 1.57 bits per heavy atom. The molecule has 3 heterocycles. The molecule has 1 aliphatic heterocycles. The molecule has 1 saturated heterocycles. The zero-order chi connectivity index (χ0) is 30.8. The molecule has 3 N–H and O–H groups in total. The third-order valence-corrected chi connectivity index (χ3v) is 5.36. The van der Waals surface area contributed by atoms with Gasteiger partial charge in [0.05, 0.1) is 11.2 Å². The average molecular weight is 567 g/mol. The summed E-state index contributed by atoms with van der Waals surface area (Å²) < 4.78 is 42.6. The highest BCUT2D eigenvalue weighted by Gasteiger charge is 2.22. The number of benzene rings is 1. The maximum atomic E-state index is 15.0. The number of H-pyrrole nitrogens is 1. The van der Waals surface area contributed by atoms with Crippen molar-refractivity contribution in [3.63, 3.8) is 0 Å². The normalized spacial score (nSPS) is 13.2. The standard InChI is InChI=1S/C21H22F3N5O.C3H8.2C2H6.CH3NO/c1-12-3-6-16(20(24)25-12)29-9-7-28(8-10-29)11-14-4-5-15-19(17(14)23)27-21(30)18(26-15)13(2)22;1-3-2;2*1-2;2-1-3/h3-6,13H,7-11H2,1-2H3,(H,27,30);3H2,1-2H3;2*1-2H3;1H,(H2,2,3). The Kier molecular flexibility index (Phi) is 17.9. The van der Waals surface area contributed by atoms with E-state index in [1.807, 2.05) is 32.6 Å². The Bertz CT molecular complexity index is 1210. The summed E-state index contributed by atoms with van der Waals surface area (Å²) in [5.41, 5.74) is 4.88. The maximum Gasteiger partial charge on any atom is 0.273 e. The lowest BCUT2D eigenvalue weighted by atomic mass is 10.1. The van der Waals surface area contributed by atoms with Gasteiger partial charge in [-0.3, -0.25) is 14.5 Å². The van der Waals surface area contributed by atoms with Crippen LogP contribution in [0.2, 0.25) is 0 Å². The summed E-state index contributed by atoms with van der Waals surface area (Å²) in [6, 6.07) is 6.69. The number of hydrogen-bond acceptors (Lipinski definition) is 6. The summed E-state index contributed by atoms with van der Waals surface area (Å²) >= 11 is 0. The predicted octanol–water partition coefficient (Wildman–Crippen LogP) is 5.83. The van der Waals surface area contributed by atoms with Crippen LogP contribution in [0.25, 0.3) is 11.0 Å². The molecule has 3 aromatic rings. The molecule has 40 heavy (non-hydrogen) atoms. The molecule has 0 bridgehead atoms. The third kappa shape index (κ3) is 10.6. The number of nitrogens with two attached hydrogens (primary N) is 1. The number of hydrogen-bond donors (Lipinski definition) is 2. The number of halogens is 3. The lowest BCUT2D eigenvalue weighted by Gasteiger charge is -2.36. The van der Waals surface area contributed by atoms with Crippen LogP contribution >= 0.6 is 0 Å². The number of fused-ring (bicyclic) bond motifs is 1. The number of piperazine rings is 1. The number of primary amides is 1. The number of aryl methyl sites for hydroxylation is 1. The van der Waals surface area contributed by atoms with E-state index in [-0.39, 0.29) is 23.1 Å². The minimum Gasteiger partial charge on any atom is -0.372 e. The van der Waals surface area contributed by atoms with E-state index in [1.54, 1.807) is 31.2 Å². The van der Waals surface area contributed by atoms with Crippen LogP contribution in [0.4, 0.5) is 18.9 Å². The molecule has 0 saturated carbocycles. The van der Waals surface area contributed by atoms with E-state index in [2.05, 4.69) is 39.4 Å². The molecule has 1 unspecified atom stereocenters. The van der Waals surface area contributed by atoms with Crippen molar-refractivity contribution in [2.24, 2.45) is 5.73 Å². The lowest BCUT2D eigenvalue weighted by Crippen LogP contribution is -2.46. The molecule has 0 spiro atoms. The van der Waals surface area contributed by atoms with Crippen molar-refractivity contribution < 1.29 is 18.0 Å². The van der Waals surface area contributed by atoms with Crippen molar-refractivity contribution in [3.05, 3.63) is 63.3 Å². The molecule has 11 heteroatoms. The van der Waals surface area contributed by atoms with Gasteiger partial charge in [-0.25, -0.2) is 18.7 Å². The quantitative estimate of drug-likeness (QED) is 0.304. The molecule has 0 radical (unpaired) electrons. The first kappa shape index (κ1) is 36.5. The molecule has 1 aliphatic rings. The predicted molar refractivity (Wildman–Crippen MR) is 157 cm³/mol. The first-order valence-corrected chi connectivity index (χ1v) is 13.8. The van der Waals surface area contributed by atoms with Crippen molar-refractivity contribution in [3.8, 4) is 0 Å². The molecular weight excluding hydrogens is 521 g/mol. The maximum absolute atomic E-state index is 15.0. The lowest BCUT2D eigenvalue weighted by molar-refractivity contribution is -0.106. The zero-order valence-electron chi connectivity index (χ0n) is 25.0. The van der Waals surface area contributed by atoms with Gasteiger partial charge in [0, 0.05) is 44.0 Å². The number of aromatic amines is 1. The molecule has 0 aliphatic carbocycles. The summed E-state index contributed by atoms with van der Waals surface area (Å²) in [6.45, 7) is 18.0. The Labute approximate surface area is 235 Å². The van der Waals surface area contributed by atoms with Crippen LogP contribution < -0.4 is 16.2 Å². The Morgan fingerprint density at radius 1 is 1.02 bits per heavy atom. The third-order valence-electron chi connectivity index (χ3n) is 5.36. The highest BCUT2D eigenvalue weighted by molar-refractivity contribution is 5.75. The Balaban J connectivity index is 0.00000135. The van der Waals surface area contributed by atoms with E-state index >= 15 is 0 Å². The van der Waals surface area contributed by atoms with Gasteiger partial charge in [0.1, 0.15) is 17.4 Å². The van der Waals surface area contributed by atoms with Gasteiger partial charge in [0.15, 0.2) is 5.82 Å². The van der Waals surface area contributed by atoms with Crippen molar-refractivity contribution in [1.29, 1.82) is 0 Å². The molecule has 8 nitrogen and oxygen atoms in total. The fraction of sp³-hybridized carbons (Fsp3) is 0.517. The smallest absolute Gasteiger partial charge is 0.273 e. The summed E-state index contributed by atoms with van der Waals surface area (Å²) in [4.78, 5) is 34.8. The number of aromatic nitrogens is 3. The minimum absolute atomic E-state index is 0.0201. The van der Waals surface area contributed by atoms with Gasteiger partial charge in [-0.1, -0.05) is 54.0 Å². The van der Waals surface area contributed by atoms with Gasteiger partial charge in [-0.15, -0.1) is 0 Å². The highest BCUT2D eigenvalue weighted by Crippen LogP contribution is 2.23. The number of pyridine rings is 1. The van der Waals surface area contributed by atoms with E-state index < -0.39 is 23.5 Å². The van der Waals surface area contributed by atoms with Crippen LogP contribution in [-0.4, -0.2) is 52.4 Å². The minimum atomic E-state index is -1.54. The van der Waals surface area contributed by atoms with Gasteiger partial charge < -0.3 is 15.6 Å². The first-order chi connectivity index (χ1) is 19.2. The van der Waals surface area contributed by atoms with E-state index in [9.17, 15) is 18.0 Å². The number of anilines is 1. The first-order valence-electron chi connectivity index (χ1n) is 13.8. The Morgan fingerprint density at radius 3 is 2.08 bits per heavy atom. The second-order valence-corrected chi connectivity index (χ2v) is 8.37. The zero-order valence-corrected chi connectivity index (χ0v) is 25.0. The SMILES string of the molecule is CC.CC.CCC.Cc1ccc(N2CCN(Cc3ccc4nc(C(C)F)c(=O)[nH]c4c3F)CC2)c(F)n1.NC=O. The summed E-state index contributed by atoms with van der Waals surface area (Å²) in [6.07, 6.45) is -0.0363. The van der Waals surface area contributed by atoms with E-state index in [0.717, 1.165) is 0 Å². The molecule has 1 amide bonds. The molecule has 1 atom stereocenters.